The van der Waals surface area contributed by atoms with Gasteiger partial charge in [-0.1, -0.05) is 67.6 Å². The summed E-state index contributed by atoms with van der Waals surface area (Å²) in [5.41, 5.74) is 1.97. The van der Waals surface area contributed by atoms with Crippen LogP contribution in [0.25, 0.3) is 0 Å². The van der Waals surface area contributed by atoms with Crippen molar-refractivity contribution in [2.24, 2.45) is 0 Å². The zero-order valence-electron chi connectivity index (χ0n) is 15.8. The molecule has 28 heavy (non-hydrogen) atoms. The molecule has 0 bridgehead atoms. The Hall–Kier alpha value is -3.06. The van der Waals surface area contributed by atoms with Crippen molar-refractivity contribution in [2.75, 3.05) is 10.6 Å². The Kier molecular flexibility index (Phi) is 6.49. The molecule has 1 heterocycles. The fourth-order valence-corrected chi connectivity index (χ4v) is 3.45. The van der Waals surface area contributed by atoms with E-state index in [9.17, 15) is 9.59 Å². The van der Waals surface area contributed by atoms with E-state index in [0.29, 0.717) is 22.8 Å². The molecule has 0 aliphatic rings. The van der Waals surface area contributed by atoms with E-state index in [1.807, 2.05) is 44.2 Å². The van der Waals surface area contributed by atoms with Crippen LogP contribution in [0.15, 0.2) is 54.6 Å². The lowest BCUT2D eigenvalue weighted by atomic mass is 9.97. The molecule has 0 fully saturated rings. The Balaban J connectivity index is 1.67. The normalized spacial score (nSPS) is 11.6. The molecule has 3 aromatic rings. The van der Waals surface area contributed by atoms with Crippen molar-refractivity contribution in [3.8, 4) is 0 Å². The molecular weight excluding hydrogens is 372 g/mol. The van der Waals surface area contributed by atoms with Crippen molar-refractivity contribution in [3.63, 3.8) is 0 Å². The summed E-state index contributed by atoms with van der Waals surface area (Å²) >= 11 is 1.34. The van der Waals surface area contributed by atoms with Crippen molar-refractivity contribution in [1.82, 2.24) is 10.2 Å². The maximum atomic E-state index is 12.6. The summed E-state index contributed by atoms with van der Waals surface area (Å²) in [7, 11) is 0. The van der Waals surface area contributed by atoms with Crippen LogP contribution in [-0.2, 0) is 11.2 Å². The number of amides is 2. The second kappa shape index (κ2) is 9.23. The van der Waals surface area contributed by atoms with Crippen LogP contribution in [-0.4, -0.2) is 22.0 Å². The van der Waals surface area contributed by atoms with Gasteiger partial charge in [0.05, 0.1) is 11.3 Å². The minimum atomic E-state index is -0.328. The van der Waals surface area contributed by atoms with Gasteiger partial charge < -0.3 is 5.32 Å². The molecule has 3 rings (SSSR count). The zero-order valence-corrected chi connectivity index (χ0v) is 16.6. The van der Waals surface area contributed by atoms with Gasteiger partial charge in [-0.05, 0) is 30.0 Å². The molecule has 1 atom stereocenters. The van der Waals surface area contributed by atoms with Gasteiger partial charge in [0, 0.05) is 6.42 Å². The van der Waals surface area contributed by atoms with Crippen LogP contribution in [0, 0.1) is 0 Å². The molecular formula is C21H22N4O2S. The van der Waals surface area contributed by atoms with Crippen LogP contribution in [0.1, 0.15) is 47.1 Å². The Morgan fingerprint density at radius 3 is 2.43 bits per heavy atom. The van der Waals surface area contributed by atoms with Crippen LogP contribution >= 0.6 is 11.3 Å². The average molecular weight is 395 g/mol. The van der Waals surface area contributed by atoms with Gasteiger partial charge in [-0.3, -0.25) is 14.9 Å². The van der Waals surface area contributed by atoms with E-state index < -0.39 is 0 Å². The van der Waals surface area contributed by atoms with E-state index in [0.717, 1.165) is 17.0 Å². The monoisotopic (exact) mass is 394 g/mol. The number of hydrogen-bond donors (Lipinski definition) is 2. The number of anilines is 2. The van der Waals surface area contributed by atoms with Gasteiger partial charge in [0.1, 0.15) is 5.01 Å². The van der Waals surface area contributed by atoms with Gasteiger partial charge in [0.25, 0.3) is 5.91 Å². The molecule has 2 N–H and O–H groups in total. The molecule has 2 amide bonds. The van der Waals surface area contributed by atoms with Crippen molar-refractivity contribution in [2.45, 2.75) is 32.6 Å². The molecule has 0 saturated heterocycles. The van der Waals surface area contributed by atoms with Crippen molar-refractivity contribution < 1.29 is 9.59 Å². The highest BCUT2D eigenvalue weighted by molar-refractivity contribution is 7.15. The standard InChI is InChI=1S/C21H22N4O2S/c1-3-19-24-25-21(28-19)23-20(27)16-11-7-8-12-17(16)22-18(26)13-14(2)15-9-5-4-6-10-15/h4-12,14H,3,13H2,1-2H3,(H,22,26)(H,23,25,27). The first-order chi connectivity index (χ1) is 13.6. The largest absolute Gasteiger partial charge is 0.325 e. The van der Waals surface area contributed by atoms with E-state index in [2.05, 4.69) is 20.8 Å². The number of rotatable bonds is 7. The number of para-hydroxylation sites is 1. The molecule has 2 aromatic carbocycles. The first-order valence-electron chi connectivity index (χ1n) is 9.14. The molecule has 0 aliphatic heterocycles. The number of hydrogen-bond acceptors (Lipinski definition) is 5. The summed E-state index contributed by atoms with van der Waals surface area (Å²) < 4.78 is 0. The molecule has 0 radical (unpaired) electrons. The van der Waals surface area contributed by atoms with Crippen LogP contribution < -0.4 is 10.6 Å². The van der Waals surface area contributed by atoms with Gasteiger partial charge in [-0.2, -0.15) is 0 Å². The van der Waals surface area contributed by atoms with Crippen molar-refractivity contribution in [3.05, 3.63) is 70.7 Å². The first-order valence-corrected chi connectivity index (χ1v) is 9.96. The van der Waals surface area contributed by atoms with E-state index >= 15 is 0 Å². The summed E-state index contributed by atoms with van der Waals surface area (Å²) in [5, 5.41) is 14.9. The number of benzene rings is 2. The number of carbonyl (C=O) groups is 2. The minimum absolute atomic E-state index is 0.0797. The number of aryl methyl sites for hydroxylation is 1. The van der Waals surface area contributed by atoms with Gasteiger partial charge in [0.15, 0.2) is 0 Å². The number of carbonyl (C=O) groups excluding carboxylic acids is 2. The predicted octanol–water partition coefficient (Wildman–Crippen LogP) is 4.49. The Morgan fingerprint density at radius 2 is 1.71 bits per heavy atom. The number of aromatic nitrogens is 2. The Labute approximate surface area is 168 Å². The Morgan fingerprint density at radius 1 is 1.00 bits per heavy atom. The first kappa shape index (κ1) is 19.7. The number of nitrogens with zero attached hydrogens (tertiary/aromatic N) is 2. The second-order valence-corrected chi connectivity index (χ2v) is 7.48. The third-order valence-electron chi connectivity index (χ3n) is 4.30. The summed E-state index contributed by atoms with van der Waals surface area (Å²) in [5.74, 6) is -0.386. The third-order valence-corrected chi connectivity index (χ3v) is 5.28. The quantitative estimate of drug-likeness (QED) is 0.619. The van der Waals surface area contributed by atoms with Crippen LogP contribution in [0.3, 0.4) is 0 Å². The highest BCUT2D eigenvalue weighted by Crippen LogP contribution is 2.22. The van der Waals surface area contributed by atoms with Crippen molar-refractivity contribution >= 4 is 34.0 Å². The van der Waals surface area contributed by atoms with Gasteiger partial charge in [-0.15, -0.1) is 10.2 Å². The molecule has 1 unspecified atom stereocenters. The van der Waals surface area contributed by atoms with Crippen LogP contribution in [0.2, 0.25) is 0 Å². The van der Waals surface area contributed by atoms with E-state index in [1.54, 1.807) is 24.3 Å². The summed E-state index contributed by atoms with van der Waals surface area (Å²) in [6.07, 6.45) is 1.09. The lowest BCUT2D eigenvalue weighted by Crippen LogP contribution is -2.19. The minimum Gasteiger partial charge on any atom is -0.325 e. The van der Waals surface area contributed by atoms with Gasteiger partial charge >= 0.3 is 0 Å². The van der Waals surface area contributed by atoms with Crippen LogP contribution in [0.4, 0.5) is 10.8 Å². The third kappa shape index (κ3) is 5.01. The molecule has 0 spiro atoms. The van der Waals surface area contributed by atoms with E-state index in [1.165, 1.54) is 11.3 Å². The molecule has 1 aromatic heterocycles. The fraction of sp³-hybridized carbons (Fsp3) is 0.238. The molecule has 0 saturated carbocycles. The van der Waals surface area contributed by atoms with E-state index in [-0.39, 0.29) is 17.7 Å². The smallest absolute Gasteiger partial charge is 0.259 e. The highest BCUT2D eigenvalue weighted by Gasteiger charge is 2.17. The maximum absolute atomic E-state index is 12.6. The summed E-state index contributed by atoms with van der Waals surface area (Å²) in [4.78, 5) is 25.1. The topological polar surface area (TPSA) is 84.0 Å². The SMILES string of the molecule is CCc1nnc(NC(=O)c2ccccc2NC(=O)CC(C)c2ccccc2)s1. The molecule has 6 nitrogen and oxygen atoms in total. The van der Waals surface area contributed by atoms with Crippen LogP contribution in [0.5, 0.6) is 0 Å². The van der Waals surface area contributed by atoms with Gasteiger partial charge in [-0.25, -0.2) is 0 Å². The predicted molar refractivity (Wildman–Crippen MR) is 112 cm³/mol. The summed E-state index contributed by atoms with van der Waals surface area (Å²) in [6, 6.07) is 16.8. The fourth-order valence-electron chi connectivity index (χ4n) is 2.78. The number of nitrogens with one attached hydrogen (secondary N) is 2. The van der Waals surface area contributed by atoms with E-state index in [4.69, 9.17) is 0 Å². The lowest BCUT2D eigenvalue weighted by Gasteiger charge is -2.14. The molecule has 0 aliphatic carbocycles. The zero-order chi connectivity index (χ0) is 19.9. The molecule has 7 heteroatoms. The Bertz CT molecular complexity index is 956. The van der Waals surface area contributed by atoms with Gasteiger partial charge in [0.2, 0.25) is 11.0 Å². The average Bonchev–Trinajstić information content (AvgIpc) is 3.16. The molecule has 144 valence electrons. The second-order valence-electron chi connectivity index (χ2n) is 6.42. The lowest BCUT2D eigenvalue weighted by molar-refractivity contribution is -0.116. The van der Waals surface area contributed by atoms with Crippen molar-refractivity contribution in [1.29, 1.82) is 0 Å². The summed E-state index contributed by atoms with van der Waals surface area (Å²) in [6.45, 7) is 3.99. The maximum Gasteiger partial charge on any atom is 0.259 e. The highest BCUT2D eigenvalue weighted by atomic mass is 32.1.